The highest BCUT2D eigenvalue weighted by atomic mass is 15.2. The van der Waals surface area contributed by atoms with Crippen LogP contribution >= 0.6 is 0 Å². The Labute approximate surface area is 93.6 Å². The fourth-order valence-electron chi connectivity index (χ4n) is 3.02. The predicted molar refractivity (Wildman–Crippen MR) is 64.1 cm³/mol. The summed E-state index contributed by atoms with van der Waals surface area (Å²) in [5.74, 6) is 0.934. The van der Waals surface area contributed by atoms with Crippen LogP contribution in [0.15, 0.2) is 0 Å². The van der Waals surface area contributed by atoms with Crippen LogP contribution in [0.2, 0.25) is 0 Å². The second-order valence-electron chi connectivity index (χ2n) is 5.38. The van der Waals surface area contributed by atoms with Crippen molar-refractivity contribution in [2.24, 2.45) is 5.92 Å². The first kappa shape index (κ1) is 11.4. The zero-order chi connectivity index (χ0) is 10.7. The Morgan fingerprint density at radius 2 is 1.67 bits per heavy atom. The smallest absolute Gasteiger partial charge is 0.0169 e. The quantitative estimate of drug-likeness (QED) is 0.703. The first-order valence-corrected chi connectivity index (χ1v) is 6.43. The Bertz CT molecular complexity index is 179. The molecule has 0 aromatic rings. The fraction of sp³-hybridized carbons (Fsp3) is 1.00. The maximum atomic E-state index is 3.59. The second kappa shape index (κ2) is 5.28. The van der Waals surface area contributed by atoms with Crippen LogP contribution in [0.4, 0.5) is 0 Å². The van der Waals surface area contributed by atoms with Gasteiger partial charge in [0, 0.05) is 31.7 Å². The molecule has 2 N–H and O–H groups in total. The van der Waals surface area contributed by atoms with E-state index in [1.807, 2.05) is 0 Å². The molecule has 88 valence electrons. The van der Waals surface area contributed by atoms with Crippen LogP contribution in [0.3, 0.4) is 0 Å². The first-order chi connectivity index (χ1) is 7.24. The lowest BCUT2D eigenvalue weighted by molar-refractivity contribution is 0.140. The fourth-order valence-corrected chi connectivity index (χ4v) is 3.02. The predicted octanol–water partition coefficient (Wildman–Crippen LogP) is 0.668. The van der Waals surface area contributed by atoms with Gasteiger partial charge in [0.05, 0.1) is 0 Å². The van der Waals surface area contributed by atoms with Gasteiger partial charge < -0.3 is 10.6 Å². The van der Waals surface area contributed by atoms with Crippen LogP contribution in [0, 0.1) is 5.92 Å². The maximum absolute atomic E-state index is 3.59. The van der Waals surface area contributed by atoms with E-state index in [0.717, 1.165) is 5.92 Å². The normalized spacial score (nSPS) is 35.6. The van der Waals surface area contributed by atoms with Crippen LogP contribution in [-0.2, 0) is 0 Å². The molecule has 3 heteroatoms. The molecule has 2 aliphatic heterocycles. The van der Waals surface area contributed by atoms with Crippen molar-refractivity contribution < 1.29 is 0 Å². The van der Waals surface area contributed by atoms with E-state index in [4.69, 9.17) is 0 Å². The van der Waals surface area contributed by atoms with Crippen LogP contribution < -0.4 is 10.6 Å². The highest BCUT2D eigenvalue weighted by Crippen LogP contribution is 2.15. The topological polar surface area (TPSA) is 27.3 Å². The zero-order valence-electron chi connectivity index (χ0n) is 10.1. The van der Waals surface area contributed by atoms with Crippen molar-refractivity contribution in [3.63, 3.8) is 0 Å². The van der Waals surface area contributed by atoms with Gasteiger partial charge in [-0.25, -0.2) is 0 Å². The van der Waals surface area contributed by atoms with Gasteiger partial charge in [-0.2, -0.15) is 0 Å². The minimum absolute atomic E-state index is 0.662. The van der Waals surface area contributed by atoms with E-state index in [2.05, 4.69) is 29.4 Å². The van der Waals surface area contributed by atoms with Crippen molar-refractivity contribution >= 4 is 0 Å². The van der Waals surface area contributed by atoms with Gasteiger partial charge in [0.2, 0.25) is 0 Å². The van der Waals surface area contributed by atoms with Gasteiger partial charge in [0.1, 0.15) is 0 Å². The molecule has 2 rings (SSSR count). The molecular weight excluding hydrogens is 186 g/mol. The Balaban J connectivity index is 1.77. The van der Waals surface area contributed by atoms with E-state index >= 15 is 0 Å². The van der Waals surface area contributed by atoms with Crippen molar-refractivity contribution in [2.75, 3.05) is 32.7 Å². The summed E-state index contributed by atoms with van der Waals surface area (Å²) < 4.78 is 0. The largest absolute Gasteiger partial charge is 0.317 e. The van der Waals surface area contributed by atoms with E-state index in [1.165, 1.54) is 45.6 Å². The number of piperazine rings is 1. The number of hydrogen-bond acceptors (Lipinski definition) is 3. The number of nitrogens with one attached hydrogen (secondary N) is 2. The molecule has 2 aliphatic rings. The third-order valence-corrected chi connectivity index (χ3v) is 3.61. The molecule has 0 spiro atoms. The highest BCUT2D eigenvalue weighted by molar-refractivity contribution is 4.83. The standard InChI is InChI=1S/C12H25N3/c1-10-7-15(8-11(2)14-10)9-12-3-5-13-6-4-12/h10-14H,3-9H2,1-2H3. The van der Waals surface area contributed by atoms with Gasteiger partial charge in [-0.1, -0.05) is 0 Å². The molecule has 0 saturated carbocycles. The summed E-state index contributed by atoms with van der Waals surface area (Å²) in [6.45, 7) is 10.8. The summed E-state index contributed by atoms with van der Waals surface area (Å²) in [4.78, 5) is 2.65. The first-order valence-electron chi connectivity index (χ1n) is 6.43. The number of nitrogens with zero attached hydrogens (tertiary/aromatic N) is 1. The third kappa shape index (κ3) is 3.44. The number of hydrogen-bond donors (Lipinski definition) is 2. The lowest BCUT2D eigenvalue weighted by atomic mass is 9.96. The average Bonchev–Trinajstić information content (AvgIpc) is 2.17. The molecule has 0 aliphatic carbocycles. The van der Waals surface area contributed by atoms with Crippen molar-refractivity contribution in [3.8, 4) is 0 Å². The number of rotatable bonds is 2. The maximum Gasteiger partial charge on any atom is 0.0169 e. The van der Waals surface area contributed by atoms with E-state index in [0.29, 0.717) is 12.1 Å². The van der Waals surface area contributed by atoms with Crippen molar-refractivity contribution in [2.45, 2.75) is 38.8 Å². The molecule has 15 heavy (non-hydrogen) atoms. The monoisotopic (exact) mass is 211 g/mol. The summed E-state index contributed by atoms with van der Waals surface area (Å²) >= 11 is 0. The van der Waals surface area contributed by atoms with Crippen molar-refractivity contribution in [1.29, 1.82) is 0 Å². The molecule has 0 amide bonds. The van der Waals surface area contributed by atoms with Crippen molar-refractivity contribution in [3.05, 3.63) is 0 Å². The van der Waals surface area contributed by atoms with E-state index in [9.17, 15) is 0 Å². The Morgan fingerprint density at radius 1 is 1.07 bits per heavy atom. The van der Waals surface area contributed by atoms with E-state index < -0.39 is 0 Å². The summed E-state index contributed by atoms with van der Waals surface area (Å²) in [5.41, 5.74) is 0. The van der Waals surface area contributed by atoms with Gasteiger partial charge in [-0.15, -0.1) is 0 Å². The molecular formula is C12H25N3. The summed E-state index contributed by atoms with van der Waals surface area (Å²) in [6, 6.07) is 1.32. The van der Waals surface area contributed by atoms with Gasteiger partial charge >= 0.3 is 0 Å². The second-order valence-corrected chi connectivity index (χ2v) is 5.38. The summed E-state index contributed by atoms with van der Waals surface area (Å²) in [6.07, 6.45) is 2.74. The minimum Gasteiger partial charge on any atom is -0.317 e. The van der Waals surface area contributed by atoms with E-state index in [1.54, 1.807) is 0 Å². The Hall–Kier alpha value is -0.120. The molecule has 2 fully saturated rings. The molecule has 2 unspecified atom stereocenters. The molecule has 0 radical (unpaired) electrons. The molecule has 0 bridgehead atoms. The number of piperidine rings is 1. The lowest BCUT2D eigenvalue weighted by Gasteiger charge is -2.38. The van der Waals surface area contributed by atoms with Crippen LogP contribution in [0.1, 0.15) is 26.7 Å². The van der Waals surface area contributed by atoms with Crippen molar-refractivity contribution in [1.82, 2.24) is 15.5 Å². The zero-order valence-corrected chi connectivity index (χ0v) is 10.1. The molecule has 3 nitrogen and oxygen atoms in total. The summed E-state index contributed by atoms with van der Waals surface area (Å²) in [5, 5.41) is 7.03. The Morgan fingerprint density at radius 3 is 2.27 bits per heavy atom. The van der Waals surface area contributed by atoms with Gasteiger partial charge in [-0.3, -0.25) is 4.90 Å². The molecule has 0 aromatic carbocycles. The SMILES string of the molecule is CC1CN(CC2CCNCC2)CC(C)N1. The molecule has 2 heterocycles. The molecule has 2 saturated heterocycles. The van der Waals surface area contributed by atoms with Crippen LogP contribution in [-0.4, -0.2) is 49.7 Å². The third-order valence-electron chi connectivity index (χ3n) is 3.61. The summed E-state index contributed by atoms with van der Waals surface area (Å²) in [7, 11) is 0. The lowest BCUT2D eigenvalue weighted by Crippen LogP contribution is -2.55. The van der Waals surface area contributed by atoms with Gasteiger partial charge in [0.15, 0.2) is 0 Å². The Kier molecular flexibility index (Phi) is 4.00. The average molecular weight is 211 g/mol. The van der Waals surface area contributed by atoms with Crippen LogP contribution in [0.25, 0.3) is 0 Å². The highest BCUT2D eigenvalue weighted by Gasteiger charge is 2.23. The molecule has 0 aromatic heterocycles. The van der Waals surface area contributed by atoms with Gasteiger partial charge in [-0.05, 0) is 45.7 Å². The van der Waals surface area contributed by atoms with E-state index in [-0.39, 0.29) is 0 Å². The van der Waals surface area contributed by atoms with Crippen LogP contribution in [0.5, 0.6) is 0 Å². The minimum atomic E-state index is 0.662. The van der Waals surface area contributed by atoms with Gasteiger partial charge in [0.25, 0.3) is 0 Å². The molecule has 2 atom stereocenters.